The lowest BCUT2D eigenvalue weighted by molar-refractivity contribution is -0.144. The number of carbonyl (C=O) groups excluding carboxylic acids is 3. The Labute approximate surface area is 147 Å². The molecule has 1 aliphatic heterocycles. The van der Waals surface area contributed by atoms with Crippen molar-refractivity contribution in [2.45, 2.75) is 20.0 Å². The molecule has 1 N–H and O–H groups in total. The number of amides is 2. The van der Waals surface area contributed by atoms with Crippen molar-refractivity contribution in [3.8, 4) is 0 Å². The second-order valence-electron chi connectivity index (χ2n) is 5.53. The molecule has 1 aliphatic rings. The van der Waals surface area contributed by atoms with Gasteiger partial charge in [0, 0.05) is 4.47 Å². The quantitative estimate of drug-likeness (QED) is 0.646. The van der Waals surface area contributed by atoms with Crippen LogP contribution in [0.4, 0.5) is 0 Å². The Hall–Kier alpha value is -2.47. The van der Waals surface area contributed by atoms with Gasteiger partial charge in [-0.2, -0.15) is 0 Å². The number of halogens is 1. The van der Waals surface area contributed by atoms with E-state index in [1.165, 1.54) is 0 Å². The molecule has 0 aromatic heterocycles. The molecule has 0 aliphatic carbocycles. The highest BCUT2D eigenvalue weighted by atomic mass is 79.9. The number of aryl methyl sites for hydroxylation is 1. The van der Waals surface area contributed by atoms with Gasteiger partial charge in [-0.3, -0.25) is 19.7 Å². The summed E-state index contributed by atoms with van der Waals surface area (Å²) in [6.45, 7) is 2.10. The highest BCUT2D eigenvalue weighted by Crippen LogP contribution is 2.21. The van der Waals surface area contributed by atoms with E-state index >= 15 is 0 Å². The number of imide groups is 1. The first-order valence-electron chi connectivity index (χ1n) is 7.34. The summed E-state index contributed by atoms with van der Waals surface area (Å²) in [6.07, 6.45) is -0.0561. The molecule has 0 saturated heterocycles. The number of fused-ring (bicyclic) bond motifs is 1. The molecule has 0 bridgehead atoms. The van der Waals surface area contributed by atoms with Crippen molar-refractivity contribution in [2.24, 2.45) is 0 Å². The fourth-order valence-corrected chi connectivity index (χ4v) is 3.10. The van der Waals surface area contributed by atoms with Crippen LogP contribution < -0.4 is 5.32 Å². The minimum absolute atomic E-state index is 0.0561. The molecule has 24 heavy (non-hydrogen) atoms. The lowest BCUT2D eigenvalue weighted by Gasteiger charge is -2.09. The lowest BCUT2D eigenvalue weighted by Crippen LogP contribution is -2.20. The first-order valence-corrected chi connectivity index (χ1v) is 8.13. The summed E-state index contributed by atoms with van der Waals surface area (Å²) in [7, 11) is 0. The molecule has 0 unspecified atom stereocenters. The van der Waals surface area contributed by atoms with Crippen molar-refractivity contribution in [3.63, 3.8) is 0 Å². The number of rotatable bonds is 4. The van der Waals surface area contributed by atoms with Crippen LogP contribution in [-0.2, 0) is 22.6 Å². The van der Waals surface area contributed by atoms with E-state index in [0.29, 0.717) is 11.1 Å². The maximum Gasteiger partial charge on any atom is 0.310 e. The summed E-state index contributed by atoms with van der Waals surface area (Å²) in [6, 6.07) is 10.6. The second-order valence-corrected chi connectivity index (χ2v) is 6.45. The first kappa shape index (κ1) is 16.4. The summed E-state index contributed by atoms with van der Waals surface area (Å²) >= 11 is 3.39. The van der Waals surface area contributed by atoms with Crippen molar-refractivity contribution in [3.05, 3.63) is 68.7 Å². The van der Waals surface area contributed by atoms with Gasteiger partial charge in [-0.15, -0.1) is 0 Å². The molecule has 2 amide bonds. The van der Waals surface area contributed by atoms with E-state index in [1.54, 1.807) is 18.2 Å². The molecule has 0 atom stereocenters. The summed E-state index contributed by atoms with van der Waals surface area (Å²) < 4.78 is 6.27. The van der Waals surface area contributed by atoms with Gasteiger partial charge in [0.2, 0.25) is 0 Å². The molecular formula is C18H14BrNO4. The molecule has 2 aromatic rings. The second kappa shape index (κ2) is 6.57. The highest BCUT2D eigenvalue weighted by Gasteiger charge is 2.29. The monoisotopic (exact) mass is 387 g/mol. The Morgan fingerprint density at radius 2 is 1.92 bits per heavy atom. The summed E-state index contributed by atoms with van der Waals surface area (Å²) in [5, 5.41) is 2.23. The average molecular weight is 388 g/mol. The Morgan fingerprint density at radius 3 is 2.67 bits per heavy atom. The van der Waals surface area contributed by atoms with Crippen LogP contribution in [0.1, 0.15) is 37.4 Å². The fraction of sp³-hybridized carbons (Fsp3) is 0.167. The summed E-state index contributed by atoms with van der Waals surface area (Å²) in [4.78, 5) is 35.6. The Bertz CT molecular complexity index is 860. The molecule has 0 radical (unpaired) electrons. The van der Waals surface area contributed by atoms with Crippen LogP contribution in [0.25, 0.3) is 0 Å². The van der Waals surface area contributed by atoms with Gasteiger partial charge < -0.3 is 4.74 Å². The largest absolute Gasteiger partial charge is 0.461 e. The van der Waals surface area contributed by atoms with Crippen LogP contribution in [0, 0.1) is 6.92 Å². The van der Waals surface area contributed by atoms with E-state index in [1.807, 2.05) is 25.1 Å². The fourth-order valence-electron chi connectivity index (χ4n) is 2.62. The van der Waals surface area contributed by atoms with Gasteiger partial charge in [-0.1, -0.05) is 34.1 Å². The number of hydrogen-bond donors (Lipinski definition) is 1. The third-order valence-electron chi connectivity index (χ3n) is 3.88. The van der Waals surface area contributed by atoms with Crippen molar-refractivity contribution in [1.29, 1.82) is 0 Å². The third-order valence-corrected chi connectivity index (χ3v) is 4.37. The predicted molar refractivity (Wildman–Crippen MR) is 90.6 cm³/mol. The van der Waals surface area contributed by atoms with Crippen molar-refractivity contribution in [1.82, 2.24) is 5.32 Å². The topological polar surface area (TPSA) is 72.5 Å². The van der Waals surface area contributed by atoms with Crippen LogP contribution in [0.3, 0.4) is 0 Å². The third kappa shape index (κ3) is 3.23. The normalized spacial score (nSPS) is 12.8. The smallest absolute Gasteiger partial charge is 0.310 e. The van der Waals surface area contributed by atoms with Crippen molar-refractivity contribution < 1.29 is 19.1 Å². The SMILES string of the molecule is Cc1cc(Br)ccc1COC(=O)Cc1cccc2c1C(=O)NC2=O. The van der Waals surface area contributed by atoms with E-state index in [9.17, 15) is 14.4 Å². The minimum atomic E-state index is -0.470. The van der Waals surface area contributed by atoms with E-state index in [2.05, 4.69) is 21.2 Å². The zero-order chi connectivity index (χ0) is 17.3. The Morgan fingerprint density at radius 1 is 1.12 bits per heavy atom. The number of esters is 1. The standard InChI is InChI=1S/C18H14BrNO4/c1-10-7-13(19)6-5-12(10)9-24-15(21)8-11-3-2-4-14-16(11)18(23)20-17(14)22/h2-7H,8-9H2,1H3,(H,20,22,23). The molecule has 1 heterocycles. The molecule has 0 saturated carbocycles. The Balaban J connectivity index is 1.70. The summed E-state index contributed by atoms with van der Waals surface area (Å²) in [5.74, 6) is -1.35. The molecular weight excluding hydrogens is 374 g/mol. The van der Waals surface area contributed by atoms with Crippen LogP contribution in [0.15, 0.2) is 40.9 Å². The highest BCUT2D eigenvalue weighted by molar-refractivity contribution is 9.10. The molecule has 6 heteroatoms. The molecule has 3 rings (SSSR count). The maximum atomic E-state index is 12.1. The molecule has 2 aromatic carbocycles. The molecule has 5 nitrogen and oxygen atoms in total. The summed E-state index contributed by atoms with van der Waals surface area (Å²) in [5.41, 5.74) is 2.99. The number of ether oxygens (including phenoxy) is 1. The van der Waals surface area contributed by atoms with Gasteiger partial charge in [0.05, 0.1) is 17.5 Å². The van der Waals surface area contributed by atoms with E-state index < -0.39 is 17.8 Å². The number of benzene rings is 2. The van der Waals surface area contributed by atoms with Gasteiger partial charge in [0.15, 0.2) is 0 Å². The molecule has 0 fully saturated rings. The van der Waals surface area contributed by atoms with Gasteiger partial charge in [-0.05, 0) is 41.8 Å². The average Bonchev–Trinajstić information content (AvgIpc) is 2.82. The van der Waals surface area contributed by atoms with E-state index in [4.69, 9.17) is 4.74 Å². The predicted octanol–water partition coefficient (Wildman–Crippen LogP) is 2.93. The van der Waals surface area contributed by atoms with Crippen molar-refractivity contribution in [2.75, 3.05) is 0 Å². The van der Waals surface area contributed by atoms with Gasteiger partial charge in [0.1, 0.15) is 6.61 Å². The van der Waals surface area contributed by atoms with Crippen LogP contribution in [0.2, 0.25) is 0 Å². The Kier molecular flexibility index (Phi) is 4.49. The first-order chi connectivity index (χ1) is 11.5. The zero-order valence-corrected chi connectivity index (χ0v) is 14.5. The minimum Gasteiger partial charge on any atom is -0.461 e. The van der Waals surface area contributed by atoms with Crippen LogP contribution in [0.5, 0.6) is 0 Å². The van der Waals surface area contributed by atoms with Crippen molar-refractivity contribution >= 4 is 33.7 Å². The number of nitrogens with one attached hydrogen (secondary N) is 1. The maximum absolute atomic E-state index is 12.1. The van der Waals surface area contributed by atoms with E-state index in [0.717, 1.165) is 15.6 Å². The molecule has 122 valence electrons. The van der Waals surface area contributed by atoms with Crippen LogP contribution >= 0.6 is 15.9 Å². The molecule has 0 spiro atoms. The van der Waals surface area contributed by atoms with Gasteiger partial charge in [0.25, 0.3) is 11.8 Å². The van der Waals surface area contributed by atoms with E-state index in [-0.39, 0.29) is 18.6 Å². The van der Waals surface area contributed by atoms with Gasteiger partial charge >= 0.3 is 5.97 Å². The number of carbonyl (C=O) groups is 3. The zero-order valence-electron chi connectivity index (χ0n) is 12.9. The number of hydrogen-bond acceptors (Lipinski definition) is 4. The lowest BCUT2D eigenvalue weighted by atomic mass is 10.0. The van der Waals surface area contributed by atoms with Crippen LogP contribution in [-0.4, -0.2) is 17.8 Å². The van der Waals surface area contributed by atoms with Gasteiger partial charge in [-0.25, -0.2) is 0 Å².